The first-order valence-corrected chi connectivity index (χ1v) is 9.69. The van der Waals surface area contributed by atoms with E-state index in [0.29, 0.717) is 16.1 Å². The normalized spacial score (nSPS) is 15.2. The Kier molecular flexibility index (Phi) is 4.36. The van der Waals surface area contributed by atoms with Crippen molar-refractivity contribution in [2.75, 3.05) is 0 Å². The van der Waals surface area contributed by atoms with E-state index in [4.69, 9.17) is 0 Å². The van der Waals surface area contributed by atoms with Crippen molar-refractivity contribution < 1.29 is 4.79 Å². The third kappa shape index (κ3) is 3.17. The van der Waals surface area contributed by atoms with E-state index in [0.717, 1.165) is 16.0 Å². The number of fused-ring (bicyclic) bond motifs is 1. The molecule has 6 heteroatoms. The van der Waals surface area contributed by atoms with Crippen LogP contribution in [0.1, 0.15) is 24.6 Å². The van der Waals surface area contributed by atoms with Gasteiger partial charge in [-0.3, -0.25) is 14.2 Å². The highest BCUT2D eigenvalue weighted by Crippen LogP contribution is 2.35. The number of hydrogen-bond acceptors (Lipinski definition) is 4. The molecule has 0 aliphatic heterocycles. The van der Waals surface area contributed by atoms with Crippen LogP contribution in [0.4, 0.5) is 0 Å². The summed E-state index contributed by atoms with van der Waals surface area (Å²) >= 11 is 1.51. The number of benzene rings is 1. The maximum atomic E-state index is 13.1. The lowest BCUT2D eigenvalue weighted by molar-refractivity contribution is -0.122. The number of hydrogen-bond donors (Lipinski definition) is 1. The zero-order chi connectivity index (χ0) is 18.3. The van der Waals surface area contributed by atoms with Crippen LogP contribution in [-0.2, 0) is 11.3 Å². The van der Waals surface area contributed by atoms with E-state index in [9.17, 15) is 9.59 Å². The fourth-order valence-corrected chi connectivity index (χ4v) is 4.37. The topological polar surface area (TPSA) is 64.0 Å². The second kappa shape index (κ2) is 6.68. The van der Waals surface area contributed by atoms with Crippen LogP contribution in [0.15, 0.2) is 41.5 Å². The molecule has 1 amide bonds. The fraction of sp³-hybridized carbons (Fsp3) is 0.350. The molecule has 5 nitrogen and oxygen atoms in total. The number of amides is 1. The van der Waals surface area contributed by atoms with Crippen molar-refractivity contribution in [2.45, 2.75) is 39.3 Å². The molecular formula is C20H21N3O2S. The zero-order valence-corrected chi connectivity index (χ0v) is 15.7. The Bertz CT molecular complexity index is 1020. The summed E-state index contributed by atoms with van der Waals surface area (Å²) in [5.74, 6) is 0.446. The Labute approximate surface area is 155 Å². The van der Waals surface area contributed by atoms with Gasteiger partial charge >= 0.3 is 0 Å². The highest BCUT2D eigenvalue weighted by Gasteiger charge is 2.29. The number of carbonyl (C=O) groups is 1. The summed E-state index contributed by atoms with van der Waals surface area (Å²) in [6, 6.07) is 10.0. The average Bonchev–Trinajstić information content (AvgIpc) is 3.41. The van der Waals surface area contributed by atoms with Gasteiger partial charge in [-0.25, -0.2) is 4.98 Å². The molecule has 3 aromatic rings. The van der Waals surface area contributed by atoms with Gasteiger partial charge in [0.1, 0.15) is 11.4 Å². The summed E-state index contributed by atoms with van der Waals surface area (Å²) in [7, 11) is 0. The Morgan fingerprint density at radius 1 is 1.35 bits per heavy atom. The molecule has 0 radical (unpaired) electrons. The molecule has 0 spiro atoms. The molecule has 1 aliphatic rings. The van der Waals surface area contributed by atoms with Gasteiger partial charge in [0.2, 0.25) is 5.91 Å². The molecule has 1 atom stereocenters. The SMILES string of the molecule is Cc1sc2ncn(CC(=O)N[C@@H](C)C3CC3)c(=O)c2c1-c1ccccc1. The van der Waals surface area contributed by atoms with Crippen molar-refractivity contribution in [3.63, 3.8) is 0 Å². The van der Waals surface area contributed by atoms with Crippen LogP contribution >= 0.6 is 11.3 Å². The van der Waals surface area contributed by atoms with Crippen molar-refractivity contribution in [1.29, 1.82) is 0 Å². The Hall–Kier alpha value is -2.47. The van der Waals surface area contributed by atoms with Crippen LogP contribution in [0, 0.1) is 12.8 Å². The smallest absolute Gasteiger partial charge is 0.263 e. The van der Waals surface area contributed by atoms with Crippen molar-refractivity contribution in [3.05, 3.63) is 51.9 Å². The van der Waals surface area contributed by atoms with E-state index in [2.05, 4.69) is 10.3 Å². The third-order valence-corrected chi connectivity index (χ3v) is 5.96. The number of thiophene rings is 1. The summed E-state index contributed by atoms with van der Waals surface area (Å²) in [5.41, 5.74) is 1.76. The number of aryl methyl sites for hydroxylation is 1. The first kappa shape index (κ1) is 17.0. The second-order valence-corrected chi connectivity index (χ2v) is 8.15. The lowest BCUT2D eigenvalue weighted by Crippen LogP contribution is -2.38. The molecule has 2 heterocycles. The molecular weight excluding hydrogens is 346 g/mol. The predicted molar refractivity (Wildman–Crippen MR) is 104 cm³/mol. The quantitative estimate of drug-likeness (QED) is 0.752. The molecule has 2 aromatic heterocycles. The number of carbonyl (C=O) groups excluding carboxylic acids is 1. The van der Waals surface area contributed by atoms with Gasteiger partial charge in [-0.15, -0.1) is 11.3 Å². The monoisotopic (exact) mass is 367 g/mol. The van der Waals surface area contributed by atoms with Crippen LogP contribution in [0.2, 0.25) is 0 Å². The van der Waals surface area contributed by atoms with Crippen LogP contribution in [-0.4, -0.2) is 21.5 Å². The van der Waals surface area contributed by atoms with Gasteiger partial charge in [0, 0.05) is 16.5 Å². The van der Waals surface area contributed by atoms with Gasteiger partial charge in [0.15, 0.2) is 0 Å². The summed E-state index contributed by atoms with van der Waals surface area (Å²) in [4.78, 5) is 31.6. The zero-order valence-electron chi connectivity index (χ0n) is 14.9. The minimum absolute atomic E-state index is 0.00194. The van der Waals surface area contributed by atoms with E-state index in [1.165, 1.54) is 35.1 Å². The fourth-order valence-electron chi connectivity index (χ4n) is 3.37. The molecule has 1 saturated carbocycles. The molecule has 0 bridgehead atoms. The van der Waals surface area contributed by atoms with E-state index in [1.807, 2.05) is 44.2 Å². The Morgan fingerprint density at radius 3 is 2.77 bits per heavy atom. The Balaban J connectivity index is 1.70. The van der Waals surface area contributed by atoms with Gasteiger partial charge in [-0.05, 0) is 38.2 Å². The first-order valence-electron chi connectivity index (χ1n) is 8.88. The number of rotatable bonds is 5. The molecule has 1 fully saturated rings. The van der Waals surface area contributed by atoms with Gasteiger partial charge in [-0.2, -0.15) is 0 Å². The molecule has 26 heavy (non-hydrogen) atoms. The van der Waals surface area contributed by atoms with Gasteiger partial charge in [0.05, 0.1) is 11.7 Å². The van der Waals surface area contributed by atoms with Crippen LogP contribution in [0.25, 0.3) is 21.3 Å². The number of nitrogens with one attached hydrogen (secondary N) is 1. The van der Waals surface area contributed by atoms with Crippen molar-refractivity contribution in [2.24, 2.45) is 5.92 Å². The maximum absolute atomic E-state index is 13.1. The van der Waals surface area contributed by atoms with Crippen molar-refractivity contribution in [1.82, 2.24) is 14.9 Å². The molecule has 1 aliphatic carbocycles. The molecule has 4 rings (SSSR count). The summed E-state index contributed by atoms with van der Waals surface area (Å²) in [6.45, 7) is 4.03. The van der Waals surface area contributed by atoms with Crippen molar-refractivity contribution in [3.8, 4) is 11.1 Å². The van der Waals surface area contributed by atoms with E-state index < -0.39 is 0 Å². The highest BCUT2D eigenvalue weighted by molar-refractivity contribution is 7.19. The predicted octanol–water partition coefficient (Wildman–Crippen LogP) is 3.35. The average molecular weight is 367 g/mol. The number of aromatic nitrogens is 2. The second-order valence-electron chi connectivity index (χ2n) is 6.95. The van der Waals surface area contributed by atoms with Gasteiger partial charge in [-0.1, -0.05) is 30.3 Å². The molecule has 1 aromatic carbocycles. The third-order valence-electron chi connectivity index (χ3n) is 4.95. The van der Waals surface area contributed by atoms with Crippen molar-refractivity contribution >= 4 is 27.5 Å². The molecule has 134 valence electrons. The largest absolute Gasteiger partial charge is 0.352 e. The summed E-state index contributed by atoms with van der Waals surface area (Å²) in [5, 5.41) is 3.59. The van der Waals surface area contributed by atoms with E-state index in [-0.39, 0.29) is 24.1 Å². The van der Waals surface area contributed by atoms with Crippen LogP contribution in [0.5, 0.6) is 0 Å². The van der Waals surface area contributed by atoms with E-state index in [1.54, 1.807) is 0 Å². The van der Waals surface area contributed by atoms with Gasteiger partial charge in [0.25, 0.3) is 5.56 Å². The molecule has 0 saturated heterocycles. The maximum Gasteiger partial charge on any atom is 0.263 e. The number of nitrogens with zero attached hydrogens (tertiary/aromatic N) is 2. The molecule has 0 unspecified atom stereocenters. The van der Waals surface area contributed by atoms with Crippen LogP contribution < -0.4 is 10.9 Å². The summed E-state index contributed by atoms with van der Waals surface area (Å²) < 4.78 is 1.41. The lowest BCUT2D eigenvalue weighted by atomic mass is 10.0. The summed E-state index contributed by atoms with van der Waals surface area (Å²) in [6.07, 6.45) is 3.82. The Morgan fingerprint density at radius 2 is 2.08 bits per heavy atom. The highest BCUT2D eigenvalue weighted by atomic mass is 32.1. The minimum atomic E-state index is -0.160. The van der Waals surface area contributed by atoms with Gasteiger partial charge < -0.3 is 5.32 Å². The minimum Gasteiger partial charge on any atom is -0.352 e. The lowest BCUT2D eigenvalue weighted by Gasteiger charge is -2.13. The van der Waals surface area contributed by atoms with Crippen LogP contribution in [0.3, 0.4) is 0 Å². The van der Waals surface area contributed by atoms with E-state index >= 15 is 0 Å². The standard InChI is InChI=1S/C20H21N3O2S/c1-12(14-8-9-14)22-16(24)10-23-11-21-19-18(20(23)25)17(13(2)26-19)15-6-4-3-5-7-15/h3-7,11-12,14H,8-10H2,1-2H3,(H,22,24)/t12-/m0/s1. The molecule has 1 N–H and O–H groups in total. The first-order chi connectivity index (χ1) is 12.5.